The molecule has 2 aliphatic rings. The third-order valence-corrected chi connectivity index (χ3v) is 4.92. The van der Waals surface area contributed by atoms with Crippen molar-refractivity contribution in [1.82, 2.24) is 10.6 Å². The second-order valence-corrected chi connectivity index (χ2v) is 7.16. The van der Waals surface area contributed by atoms with E-state index in [1.807, 2.05) is 24.3 Å². The molecular weight excluding hydrogens is 396 g/mol. The Morgan fingerprint density at radius 3 is 2.00 bits per heavy atom. The van der Waals surface area contributed by atoms with Crippen LogP contribution in [0.3, 0.4) is 0 Å². The lowest BCUT2D eigenvalue weighted by atomic mass is 9.97. The van der Waals surface area contributed by atoms with Crippen LogP contribution in [0.5, 0.6) is 0 Å². The minimum atomic E-state index is -0.0404. The summed E-state index contributed by atoms with van der Waals surface area (Å²) in [6.07, 6.45) is 1.74. The summed E-state index contributed by atoms with van der Waals surface area (Å²) in [5.41, 5.74) is 4.29. The number of ketones is 1. The van der Waals surface area contributed by atoms with Crippen molar-refractivity contribution in [3.63, 3.8) is 0 Å². The second-order valence-electron chi connectivity index (χ2n) is 6.24. The van der Waals surface area contributed by atoms with Gasteiger partial charge in [0, 0.05) is 34.3 Å². The fraction of sp³-hybridized carbons (Fsp3) is 0.250. The molecule has 2 N–H and O–H groups in total. The number of carbonyl (C=O) groups is 3. The van der Waals surface area contributed by atoms with Crippen LogP contribution in [0, 0.1) is 0 Å². The summed E-state index contributed by atoms with van der Waals surface area (Å²) >= 11 is 3.38. The van der Waals surface area contributed by atoms with Gasteiger partial charge in [-0.2, -0.15) is 0 Å². The fourth-order valence-electron chi connectivity index (χ4n) is 3.04. The van der Waals surface area contributed by atoms with E-state index in [0.29, 0.717) is 17.7 Å². The van der Waals surface area contributed by atoms with E-state index < -0.39 is 0 Å². The molecule has 2 amide bonds. The zero-order valence-electron chi connectivity index (χ0n) is 14.4. The van der Waals surface area contributed by atoms with Gasteiger partial charge < -0.3 is 10.6 Å². The van der Waals surface area contributed by atoms with Gasteiger partial charge in [-0.15, -0.1) is 0 Å². The molecule has 2 aromatic rings. The van der Waals surface area contributed by atoms with Crippen molar-refractivity contribution in [2.45, 2.75) is 19.8 Å². The first-order valence-electron chi connectivity index (χ1n) is 8.44. The number of benzene rings is 2. The van der Waals surface area contributed by atoms with E-state index in [1.54, 1.807) is 12.1 Å². The molecule has 2 aromatic carbocycles. The van der Waals surface area contributed by atoms with Gasteiger partial charge in [0.2, 0.25) is 0 Å². The Morgan fingerprint density at radius 1 is 0.885 bits per heavy atom. The molecule has 0 atom stereocenters. The summed E-state index contributed by atoms with van der Waals surface area (Å²) in [4.78, 5) is 33.8. The minimum absolute atomic E-state index is 0.0404. The van der Waals surface area contributed by atoms with E-state index in [2.05, 4.69) is 26.6 Å². The lowest BCUT2D eigenvalue weighted by Crippen LogP contribution is -2.31. The highest BCUT2D eigenvalue weighted by atomic mass is 79.9. The normalized spacial score (nSPS) is 14.8. The Balaban J connectivity index is 0.000000152. The summed E-state index contributed by atoms with van der Waals surface area (Å²) in [7, 11) is 0. The Kier molecular flexibility index (Phi) is 5.52. The van der Waals surface area contributed by atoms with Gasteiger partial charge in [0.25, 0.3) is 11.8 Å². The number of amides is 2. The SMILES string of the molecule is CC(=O)c1ccc2c(c1)CCNC2=O.O=C1NCCc2cc(Br)ccc21. The number of hydrogen-bond donors (Lipinski definition) is 2. The smallest absolute Gasteiger partial charge is 0.251 e. The summed E-state index contributed by atoms with van der Waals surface area (Å²) in [5.74, 6) is 0.0453. The van der Waals surface area contributed by atoms with Gasteiger partial charge >= 0.3 is 0 Å². The number of halogens is 1. The van der Waals surface area contributed by atoms with Crippen LogP contribution in [0.4, 0.5) is 0 Å². The predicted octanol–water partition coefficient (Wildman–Crippen LogP) is 2.91. The molecule has 6 heteroatoms. The number of nitrogens with one attached hydrogen (secondary N) is 2. The van der Waals surface area contributed by atoms with E-state index >= 15 is 0 Å². The van der Waals surface area contributed by atoms with Crippen molar-refractivity contribution in [1.29, 1.82) is 0 Å². The fourth-order valence-corrected chi connectivity index (χ4v) is 3.45. The molecule has 0 saturated carbocycles. The number of fused-ring (bicyclic) bond motifs is 2. The lowest BCUT2D eigenvalue weighted by molar-refractivity contribution is 0.0937. The van der Waals surface area contributed by atoms with Crippen molar-refractivity contribution in [2.24, 2.45) is 0 Å². The maximum Gasteiger partial charge on any atom is 0.251 e. The number of Topliss-reactive ketones (excluding diaryl/α,β-unsaturated/α-hetero) is 1. The zero-order chi connectivity index (χ0) is 18.7. The van der Waals surface area contributed by atoms with Crippen molar-refractivity contribution >= 4 is 33.5 Å². The van der Waals surface area contributed by atoms with E-state index in [9.17, 15) is 14.4 Å². The van der Waals surface area contributed by atoms with Crippen LogP contribution in [0.2, 0.25) is 0 Å². The van der Waals surface area contributed by atoms with Gasteiger partial charge in [0.05, 0.1) is 0 Å². The van der Waals surface area contributed by atoms with Gasteiger partial charge in [-0.25, -0.2) is 0 Å². The molecule has 2 heterocycles. The van der Waals surface area contributed by atoms with Crippen LogP contribution in [0.15, 0.2) is 40.9 Å². The highest BCUT2D eigenvalue weighted by Crippen LogP contribution is 2.19. The molecule has 0 spiro atoms. The predicted molar refractivity (Wildman–Crippen MR) is 103 cm³/mol. The summed E-state index contributed by atoms with van der Waals surface area (Å²) in [6, 6.07) is 11.0. The molecule has 0 aromatic heterocycles. The Labute approximate surface area is 160 Å². The van der Waals surface area contributed by atoms with Crippen LogP contribution >= 0.6 is 15.9 Å². The monoisotopic (exact) mass is 414 g/mol. The third-order valence-electron chi connectivity index (χ3n) is 4.43. The molecule has 5 nitrogen and oxygen atoms in total. The third kappa shape index (κ3) is 4.02. The first-order chi connectivity index (χ1) is 12.5. The molecule has 134 valence electrons. The number of hydrogen-bond acceptors (Lipinski definition) is 3. The van der Waals surface area contributed by atoms with Crippen LogP contribution in [0.25, 0.3) is 0 Å². The maximum absolute atomic E-state index is 11.4. The molecule has 0 radical (unpaired) electrons. The summed E-state index contributed by atoms with van der Waals surface area (Å²) in [5, 5.41) is 5.57. The molecule has 0 fully saturated rings. The molecular formula is C20H19BrN2O3. The van der Waals surface area contributed by atoms with Crippen molar-refractivity contribution < 1.29 is 14.4 Å². The highest BCUT2D eigenvalue weighted by Gasteiger charge is 2.17. The van der Waals surface area contributed by atoms with Gasteiger partial charge in [-0.05, 0) is 61.2 Å². The summed E-state index contributed by atoms with van der Waals surface area (Å²) < 4.78 is 1.04. The Morgan fingerprint density at radius 2 is 1.42 bits per heavy atom. The average molecular weight is 415 g/mol. The first kappa shape index (κ1) is 18.3. The Bertz CT molecular complexity index is 893. The van der Waals surface area contributed by atoms with E-state index in [4.69, 9.17) is 0 Å². The number of carbonyl (C=O) groups excluding carboxylic acids is 3. The van der Waals surface area contributed by atoms with Gasteiger partial charge in [0.1, 0.15) is 0 Å². The minimum Gasteiger partial charge on any atom is -0.352 e. The van der Waals surface area contributed by atoms with Crippen molar-refractivity contribution in [3.8, 4) is 0 Å². The van der Waals surface area contributed by atoms with E-state index in [-0.39, 0.29) is 17.6 Å². The topological polar surface area (TPSA) is 75.3 Å². The number of rotatable bonds is 1. The van der Waals surface area contributed by atoms with Crippen LogP contribution in [-0.2, 0) is 12.8 Å². The molecule has 0 unspecified atom stereocenters. The molecule has 0 aliphatic carbocycles. The molecule has 26 heavy (non-hydrogen) atoms. The molecule has 2 aliphatic heterocycles. The Hall–Kier alpha value is -2.47. The standard InChI is InChI=1S/C11H11NO2.C9H8BrNO/c1-7(13)8-2-3-10-9(6-8)4-5-12-11(10)14;10-7-1-2-8-6(5-7)3-4-11-9(8)12/h2-3,6H,4-5H2,1H3,(H,12,14);1-2,5H,3-4H2,(H,11,12). The van der Waals surface area contributed by atoms with Crippen LogP contribution in [-0.4, -0.2) is 30.7 Å². The van der Waals surface area contributed by atoms with E-state index in [0.717, 1.165) is 40.5 Å². The van der Waals surface area contributed by atoms with Crippen LogP contribution in [0.1, 0.15) is 49.1 Å². The van der Waals surface area contributed by atoms with Crippen molar-refractivity contribution in [2.75, 3.05) is 13.1 Å². The zero-order valence-corrected chi connectivity index (χ0v) is 16.0. The lowest BCUT2D eigenvalue weighted by Gasteiger charge is -2.16. The quantitative estimate of drug-likeness (QED) is 0.704. The van der Waals surface area contributed by atoms with Gasteiger partial charge in [-0.1, -0.05) is 22.0 Å². The first-order valence-corrected chi connectivity index (χ1v) is 9.23. The van der Waals surface area contributed by atoms with Crippen molar-refractivity contribution in [3.05, 3.63) is 68.7 Å². The maximum atomic E-state index is 11.4. The molecule has 0 saturated heterocycles. The van der Waals surface area contributed by atoms with Gasteiger partial charge in [-0.3, -0.25) is 14.4 Å². The van der Waals surface area contributed by atoms with E-state index in [1.165, 1.54) is 6.92 Å². The van der Waals surface area contributed by atoms with Crippen LogP contribution < -0.4 is 10.6 Å². The highest BCUT2D eigenvalue weighted by molar-refractivity contribution is 9.10. The molecule has 0 bridgehead atoms. The van der Waals surface area contributed by atoms with Gasteiger partial charge in [0.15, 0.2) is 5.78 Å². The average Bonchev–Trinajstić information content (AvgIpc) is 2.62. The largest absolute Gasteiger partial charge is 0.352 e. The second kappa shape index (κ2) is 7.83. The summed E-state index contributed by atoms with van der Waals surface area (Å²) in [6.45, 7) is 2.94. The molecule has 4 rings (SSSR count).